The van der Waals surface area contributed by atoms with Crippen molar-refractivity contribution < 1.29 is 4.74 Å². The first-order chi connectivity index (χ1) is 9.90. The van der Waals surface area contributed by atoms with Crippen molar-refractivity contribution in [1.82, 2.24) is 0 Å². The maximum Gasteiger partial charge on any atom is 0.122 e. The molecular weight excluding hydrogens is 264 g/mol. The summed E-state index contributed by atoms with van der Waals surface area (Å²) >= 11 is 2.00. The molecule has 20 heavy (non-hydrogen) atoms. The second kappa shape index (κ2) is 5.17. The van der Waals surface area contributed by atoms with Gasteiger partial charge in [-0.2, -0.15) is 0 Å². The van der Waals surface area contributed by atoms with Crippen LogP contribution in [0.15, 0.2) is 47.4 Å². The molecule has 4 rings (SSSR count). The van der Waals surface area contributed by atoms with Crippen LogP contribution < -0.4 is 4.74 Å². The van der Waals surface area contributed by atoms with Gasteiger partial charge in [0.2, 0.25) is 0 Å². The number of rotatable bonds is 1. The van der Waals surface area contributed by atoms with Crippen LogP contribution in [0.3, 0.4) is 0 Å². The number of thioether (sulfide) groups is 1. The van der Waals surface area contributed by atoms with Crippen LogP contribution in [0.25, 0.3) is 0 Å². The first-order valence-electron chi connectivity index (χ1n) is 7.36. The number of hydrogen-bond acceptors (Lipinski definition) is 2. The number of hydrogen-bond donors (Lipinski definition) is 0. The van der Waals surface area contributed by atoms with E-state index < -0.39 is 0 Å². The van der Waals surface area contributed by atoms with Crippen molar-refractivity contribution in [2.45, 2.75) is 30.1 Å². The Kier molecular flexibility index (Phi) is 3.19. The molecule has 0 saturated heterocycles. The van der Waals surface area contributed by atoms with E-state index >= 15 is 0 Å². The molecule has 2 heterocycles. The lowest BCUT2D eigenvalue weighted by atomic mass is 9.90. The van der Waals surface area contributed by atoms with E-state index in [1.165, 1.54) is 40.2 Å². The average molecular weight is 282 g/mol. The summed E-state index contributed by atoms with van der Waals surface area (Å²) < 4.78 is 5.72. The molecule has 0 aliphatic carbocycles. The number of benzene rings is 2. The summed E-state index contributed by atoms with van der Waals surface area (Å²) in [7, 11) is 0. The van der Waals surface area contributed by atoms with Gasteiger partial charge in [-0.05, 0) is 54.0 Å². The molecule has 2 aliphatic rings. The zero-order valence-corrected chi connectivity index (χ0v) is 12.3. The van der Waals surface area contributed by atoms with Gasteiger partial charge in [-0.3, -0.25) is 0 Å². The predicted molar refractivity (Wildman–Crippen MR) is 83.9 cm³/mol. The van der Waals surface area contributed by atoms with Crippen molar-refractivity contribution in [3.63, 3.8) is 0 Å². The largest absolute Gasteiger partial charge is 0.493 e. The van der Waals surface area contributed by atoms with E-state index in [0.29, 0.717) is 5.92 Å². The van der Waals surface area contributed by atoms with Crippen molar-refractivity contribution in [2.24, 2.45) is 0 Å². The second-order valence-corrected chi connectivity index (χ2v) is 6.70. The van der Waals surface area contributed by atoms with Crippen LogP contribution in [-0.4, -0.2) is 12.4 Å². The fourth-order valence-electron chi connectivity index (χ4n) is 3.18. The third-order valence-corrected chi connectivity index (χ3v) is 5.56. The lowest BCUT2D eigenvalue weighted by Crippen LogP contribution is -2.13. The molecule has 2 aromatic carbocycles. The summed E-state index contributed by atoms with van der Waals surface area (Å²) in [5.41, 5.74) is 4.39. The molecule has 0 saturated carbocycles. The van der Waals surface area contributed by atoms with Crippen molar-refractivity contribution in [1.29, 1.82) is 0 Å². The van der Waals surface area contributed by atoms with E-state index in [4.69, 9.17) is 4.74 Å². The van der Waals surface area contributed by atoms with Crippen LogP contribution in [-0.2, 0) is 12.8 Å². The SMILES string of the molecule is c1ccc2c(c1)CC(c1ccc3c(c1)CCCO3)CS2. The number of ether oxygens (including phenoxy) is 1. The van der Waals surface area contributed by atoms with Gasteiger partial charge in [0, 0.05) is 10.6 Å². The van der Waals surface area contributed by atoms with Crippen LogP contribution in [0.4, 0.5) is 0 Å². The van der Waals surface area contributed by atoms with Crippen molar-refractivity contribution in [2.75, 3.05) is 12.4 Å². The molecule has 1 nitrogen and oxygen atoms in total. The summed E-state index contributed by atoms with van der Waals surface area (Å²) in [6, 6.07) is 15.6. The minimum atomic E-state index is 0.641. The van der Waals surface area contributed by atoms with Crippen LogP contribution in [0.1, 0.15) is 29.0 Å². The highest BCUT2D eigenvalue weighted by atomic mass is 32.2. The summed E-state index contributed by atoms with van der Waals surface area (Å²) in [5.74, 6) is 2.93. The minimum absolute atomic E-state index is 0.641. The fraction of sp³-hybridized carbons (Fsp3) is 0.333. The first kappa shape index (κ1) is 12.3. The Hall–Kier alpha value is -1.41. The molecule has 0 aromatic heterocycles. The van der Waals surface area contributed by atoms with Gasteiger partial charge in [0.25, 0.3) is 0 Å². The molecule has 2 aliphatic heterocycles. The summed E-state index contributed by atoms with van der Waals surface area (Å²) in [5, 5.41) is 0. The van der Waals surface area contributed by atoms with Gasteiger partial charge in [0.05, 0.1) is 6.61 Å². The van der Waals surface area contributed by atoms with E-state index in [2.05, 4.69) is 42.5 Å². The van der Waals surface area contributed by atoms with E-state index in [1.807, 2.05) is 11.8 Å². The van der Waals surface area contributed by atoms with Crippen LogP contribution in [0, 0.1) is 0 Å². The first-order valence-corrected chi connectivity index (χ1v) is 8.35. The molecule has 2 aromatic rings. The van der Waals surface area contributed by atoms with Crippen molar-refractivity contribution >= 4 is 11.8 Å². The zero-order valence-electron chi connectivity index (χ0n) is 11.5. The van der Waals surface area contributed by atoms with Crippen LogP contribution in [0.5, 0.6) is 5.75 Å². The summed E-state index contributed by atoms with van der Waals surface area (Å²) in [6.07, 6.45) is 3.49. The Morgan fingerprint density at radius 3 is 3.00 bits per heavy atom. The van der Waals surface area contributed by atoms with E-state index in [1.54, 1.807) is 0 Å². The second-order valence-electron chi connectivity index (χ2n) is 5.64. The lowest BCUT2D eigenvalue weighted by Gasteiger charge is -2.26. The molecule has 0 radical (unpaired) electrons. The minimum Gasteiger partial charge on any atom is -0.493 e. The molecule has 0 fully saturated rings. The molecule has 0 spiro atoms. The van der Waals surface area contributed by atoms with Gasteiger partial charge in [0.1, 0.15) is 5.75 Å². The lowest BCUT2D eigenvalue weighted by molar-refractivity contribution is 0.288. The third-order valence-electron chi connectivity index (χ3n) is 4.28. The normalized spacial score (nSPS) is 20.7. The van der Waals surface area contributed by atoms with Gasteiger partial charge in [0.15, 0.2) is 0 Å². The maximum absolute atomic E-state index is 5.72. The molecular formula is C18H18OS. The van der Waals surface area contributed by atoms with Gasteiger partial charge in [-0.1, -0.05) is 30.3 Å². The van der Waals surface area contributed by atoms with Crippen molar-refractivity contribution in [3.8, 4) is 5.75 Å². The molecule has 102 valence electrons. The maximum atomic E-state index is 5.72. The van der Waals surface area contributed by atoms with Crippen molar-refractivity contribution in [3.05, 3.63) is 59.2 Å². The number of fused-ring (bicyclic) bond motifs is 2. The Bertz CT molecular complexity index is 635. The molecule has 0 bridgehead atoms. The zero-order chi connectivity index (χ0) is 13.4. The Labute approximate surface area is 124 Å². The Balaban J connectivity index is 1.63. The quantitative estimate of drug-likeness (QED) is 0.764. The van der Waals surface area contributed by atoms with Gasteiger partial charge < -0.3 is 4.74 Å². The molecule has 1 atom stereocenters. The summed E-state index contributed by atoms with van der Waals surface area (Å²) in [6.45, 7) is 0.874. The van der Waals surface area contributed by atoms with E-state index in [0.717, 1.165) is 18.8 Å². The van der Waals surface area contributed by atoms with Gasteiger partial charge in [-0.15, -0.1) is 11.8 Å². The highest BCUT2D eigenvalue weighted by Gasteiger charge is 2.21. The molecule has 2 heteroatoms. The Morgan fingerprint density at radius 1 is 1.05 bits per heavy atom. The average Bonchev–Trinajstić information content (AvgIpc) is 2.54. The molecule has 1 unspecified atom stereocenters. The predicted octanol–water partition coefficient (Wildman–Crippen LogP) is 4.44. The van der Waals surface area contributed by atoms with E-state index in [9.17, 15) is 0 Å². The molecule has 0 N–H and O–H groups in total. The third kappa shape index (κ3) is 2.22. The molecule has 0 amide bonds. The monoisotopic (exact) mass is 282 g/mol. The standard InChI is InChI=1S/C18H18OS/c1-2-6-18-15(4-1)11-16(12-20-18)13-7-8-17-14(10-13)5-3-9-19-17/h1-2,4,6-8,10,16H,3,5,9,11-12H2. The van der Waals surface area contributed by atoms with Crippen LogP contribution >= 0.6 is 11.8 Å². The smallest absolute Gasteiger partial charge is 0.122 e. The van der Waals surface area contributed by atoms with Crippen LogP contribution in [0.2, 0.25) is 0 Å². The fourth-order valence-corrected chi connectivity index (χ4v) is 4.38. The number of aryl methyl sites for hydroxylation is 1. The highest BCUT2D eigenvalue weighted by molar-refractivity contribution is 7.99. The van der Waals surface area contributed by atoms with E-state index in [-0.39, 0.29) is 0 Å². The summed E-state index contributed by atoms with van der Waals surface area (Å²) in [4.78, 5) is 1.46. The van der Waals surface area contributed by atoms with Gasteiger partial charge >= 0.3 is 0 Å². The van der Waals surface area contributed by atoms with Gasteiger partial charge in [-0.25, -0.2) is 0 Å². The Morgan fingerprint density at radius 2 is 2.00 bits per heavy atom. The topological polar surface area (TPSA) is 9.23 Å². The highest BCUT2D eigenvalue weighted by Crippen LogP contribution is 2.38.